The molecule has 2 aliphatic carbocycles. The molecule has 0 aromatic rings. The zero-order valence-electron chi connectivity index (χ0n) is 13.9. The summed E-state index contributed by atoms with van der Waals surface area (Å²) >= 11 is 0. The molecule has 0 aromatic carbocycles. The van der Waals surface area contributed by atoms with Gasteiger partial charge in [0, 0.05) is 18.8 Å². The summed E-state index contributed by atoms with van der Waals surface area (Å²) in [7, 11) is 0. The quantitative estimate of drug-likeness (QED) is 0.694. The van der Waals surface area contributed by atoms with Gasteiger partial charge < -0.3 is 4.79 Å². The molecular formula is C19H32O2. The molecule has 0 bridgehead atoms. The van der Waals surface area contributed by atoms with Gasteiger partial charge in [0.2, 0.25) is 0 Å². The highest BCUT2D eigenvalue weighted by molar-refractivity contribution is 5.83. The fraction of sp³-hybridized carbons (Fsp3) is 0.895. The molecule has 0 spiro atoms. The van der Waals surface area contributed by atoms with Gasteiger partial charge in [0.15, 0.2) is 0 Å². The molecule has 0 radical (unpaired) electrons. The minimum Gasteiger partial charge on any atom is -0.300 e. The van der Waals surface area contributed by atoms with E-state index in [4.69, 9.17) is 0 Å². The van der Waals surface area contributed by atoms with E-state index in [1.165, 1.54) is 38.5 Å². The molecule has 2 nitrogen and oxygen atoms in total. The average molecular weight is 292 g/mol. The number of hydrogen-bond donors (Lipinski definition) is 0. The second-order valence-corrected chi connectivity index (χ2v) is 7.51. The summed E-state index contributed by atoms with van der Waals surface area (Å²) in [5.74, 6) is 3.40. The lowest BCUT2D eigenvalue weighted by molar-refractivity contribution is -0.127. The van der Waals surface area contributed by atoms with Crippen LogP contribution in [0, 0.1) is 23.7 Å². The monoisotopic (exact) mass is 292 g/mol. The molecule has 2 atom stereocenters. The average Bonchev–Trinajstić information content (AvgIpc) is 2.47. The van der Waals surface area contributed by atoms with E-state index < -0.39 is 0 Å². The van der Waals surface area contributed by atoms with Crippen LogP contribution in [0.2, 0.25) is 0 Å². The lowest BCUT2D eigenvalue weighted by atomic mass is 9.67. The smallest absolute Gasteiger partial charge is 0.136 e. The van der Waals surface area contributed by atoms with E-state index >= 15 is 0 Å². The van der Waals surface area contributed by atoms with E-state index in [1.54, 1.807) is 6.92 Å². The van der Waals surface area contributed by atoms with Crippen molar-refractivity contribution in [2.75, 3.05) is 0 Å². The second kappa shape index (κ2) is 8.10. The van der Waals surface area contributed by atoms with Crippen LogP contribution in [-0.4, -0.2) is 11.6 Å². The minimum absolute atomic E-state index is 0.181. The van der Waals surface area contributed by atoms with E-state index in [0.29, 0.717) is 12.2 Å². The molecule has 0 aliphatic heterocycles. The lowest BCUT2D eigenvalue weighted by Crippen LogP contribution is -2.31. The van der Waals surface area contributed by atoms with Gasteiger partial charge >= 0.3 is 0 Å². The molecular weight excluding hydrogens is 260 g/mol. The van der Waals surface area contributed by atoms with Crippen molar-refractivity contribution in [1.29, 1.82) is 0 Å². The normalized spacial score (nSPS) is 33.9. The van der Waals surface area contributed by atoms with Crippen LogP contribution >= 0.6 is 0 Å². The van der Waals surface area contributed by atoms with Gasteiger partial charge in [-0.15, -0.1) is 0 Å². The van der Waals surface area contributed by atoms with Gasteiger partial charge in [0.05, 0.1) is 0 Å². The standard InChI is InChI=1S/C19H32O2/c1-3-4-15-6-9-16(10-7-15)17-11-12-19(21)18(13-17)8-5-14(2)20/h15-18H,3-13H2,1-2H3/t15?,16?,17-,18+/m0/s1. The maximum atomic E-state index is 12.1. The molecule has 2 rings (SSSR count). The van der Waals surface area contributed by atoms with Gasteiger partial charge in [-0.25, -0.2) is 0 Å². The summed E-state index contributed by atoms with van der Waals surface area (Å²) in [4.78, 5) is 23.2. The van der Waals surface area contributed by atoms with Crippen LogP contribution < -0.4 is 0 Å². The molecule has 0 N–H and O–H groups in total. The van der Waals surface area contributed by atoms with E-state index in [9.17, 15) is 9.59 Å². The molecule has 0 amide bonds. The summed E-state index contributed by atoms with van der Waals surface area (Å²) in [6.45, 7) is 3.93. The number of hydrogen-bond acceptors (Lipinski definition) is 2. The largest absolute Gasteiger partial charge is 0.300 e. The van der Waals surface area contributed by atoms with Crippen molar-refractivity contribution >= 4 is 11.6 Å². The Hall–Kier alpha value is -0.660. The van der Waals surface area contributed by atoms with Crippen LogP contribution in [0.4, 0.5) is 0 Å². The van der Waals surface area contributed by atoms with Crippen LogP contribution in [0.3, 0.4) is 0 Å². The van der Waals surface area contributed by atoms with E-state index in [1.807, 2.05) is 0 Å². The first kappa shape index (κ1) is 16.7. The zero-order chi connectivity index (χ0) is 15.2. The molecule has 21 heavy (non-hydrogen) atoms. The van der Waals surface area contributed by atoms with E-state index in [-0.39, 0.29) is 11.7 Å². The Morgan fingerprint density at radius 2 is 1.76 bits per heavy atom. The number of Topliss-reactive ketones (excluding diaryl/α,β-unsaturated/α-hetero) is 2. The first-order valence-corrected chi connectivity index (χ1v) is 9.12. The third-order valence-corrected chi connectivity index (χ3v) is 5.90. The third-order valence-electron chi connectivity index (χ3n) is 5.90. The summed E-state index contributed by atoms with van der Waals surface area (Å²) in [6.07, 6.45) is 12.6. The maximum absolute atomic E-state index is 12.1. The van der Waals surface area contributed by atoms with Gasteiger partial charge in [-0.05, 0) is 56.8 Å². The first-order chi connectivity index (χ1) is 10.1. The highest BCUT2D eigenvalue weighted by atomic mass is 16.1. The van der Waals surface area contributed by atoms with Crippen molar-refractivity contribution in [3.05, 3.63) is 0 Å². The third kappa shape index (κ3) is 4.93. The van der Waals surface area contributed by atoms with Crippen LogP contribution in [0.25, 0.3) is 0 Å². The van der Waals surface area contributed by atoms with Crippen molar-refractivity contribution in [2.24, 2.45) is 23.7 Å². The van der Waals surface area contributed by atoms with Crippen molar-refractivity contribution in [1.82, 2.24) is 0 Å². The predicted molar refractivity (Wildman–Crippen MR) is 86.1 cm³/mol. The van der Waals surface area contributed by atoms with Crippen molar-refractivity contribution in [3.8, 4) is 0 Å². The number of carbonyl (C=O) groups excluding carboxylic acids is 2. The minimum atomic E-state index is 0.181. The summed E-state index contributed by atoms with van der Waals surface area (Å²) in [6, 6.07) is 0. The van der Waals surface area contributed by atoms with Crippen LogP contribution in [0.5, 0.6) is 0 Å². The zero-order valence-corrected chi connectivity index (χ0v) is 13.9. The highest BCUT2D eigenvalue weighted by Crippen LogP contribution is 2.42. The Bertz CT molecular complexity index is 353. The fourth-order valence-electron chi connectivity index (χ4n) is 4.59. The van der Waals surface area contributed by atoms with Crippen molar-refractivity contribution in [3.63, 3.8) is 0 Å². The number of ketones is 2. The fourth-order valence-corrected chi connectivity index (χ4v) is 4.59. The predicted octanol–water partition coefficient (Wildman–Crippen LogP) is 4.95. The number of rotatable bonds is 6. The molecule has 2 saturated carbocycles. The van der Waals surface area contributed by atoms with E-state index in [0.717, 1.165) is 43.4 Å². The Morgan fingerprint density at radius 1 is 1.05 bits per heavy atom. The molecule has 120 valence electrons. The molecule has 2 heteroatoms. The Balaban J connectivity index is 1.81. The highest BCUT2D eigenvalue weighted by Gasteiger charge is 2.34. The van der Waals surface area contributed by atoms with Gasteiger partial charge in [-0.2, -0.15) is 0 Å². The Labute approximate surface area is 130 Å². The summed E-state index contributed by atoms with van der Waals surface area (Å²) in [5, 5.41) is 0. The van der Waals surface area contributed by atoms with Crippen molar-refractivity contribution < 1.29 is 9.59 Å². The SMILES string of the molecule is CCCC1CCC([C@H]2CCC(=O)[C@H](CCC(C)=O)C2)CC1. The van der Waals surface area contributed by atoms with Gasteiger partial charge in [-0.3, -0.25) is 4.79 Å². The van der Waals surface area contributed by atoms with E-state index in [2.05, 4.69) is 6.92 Å². The Kier molecular flexibility index (Phi) is 6.44. The molecule has 0 saturated heterocycles. The van der Waals surface area contributed by atoms with Gasteiger partial charge in [0.25, 0.3) is 0 Å². The van der Waals surface area contributed by atoms with Gasteiger partial charge in [-0.1, -0.05) is 32.6 Å². The van der Waals surface area contributed by atoms with Crippen LogP contribution in [-0.2, 0) is 9.59 Å². The van der Waals surface area contributed by atoms with Crippen molar-refractivity contribution in [2.45, 2.75) is 84.5 Å². The molecule has 0 heterocycles. The molecule has 2 fully saturated rings. The van der Waals surface area contributed by atoms with Gasteiger partial charge in [0.1, 0.15) is 11.6 Å². The Morgan fingerprint density at radius 3 is 2.38 bits per heavy atom. The van der Waals surface area contributed by atoms with Crippen LogP contribution in [0.15, 0.2) is 0 Å². The summed E-state index contributed by atoms with van der Waals surface area (Å²) < 4.78 is 0. The molecule has 2 aliphatic rings. The maximum Gasteiger partial charge on any atom is 0.136 e. The molecule has 0 unspecified atom stereocenters. The van der Waals surface area contributed by atoms with Crippen LogP contribution in [0.1, 0.15) is 84.5 Å². The number of carbonyl (C=O) groups is 2. The lowest BCUT2D eigenvalue weighted by Gasteiger charge is -2.38. The second-order valence-electron chi connectivity index (χ2n) is 7.51. The summed E-state index contributed by atoms with van der Waals surface area (Å²) in [5.41, 5.74) is 0. The molecule has 0 aromatic heterocycles. The topological polar surface area (TPSA) is 34.1 Å². The first-order valence-electron chi connectivity index (χ1n) is 9.12.